The predicted molar refractivity (Wildman–Crippen MR) is 62.1 cm³/mol. The van der Waals surface area contributed by atoms with Crippen LogP contribution >= 0.6 is 0 Å². The summed E-state index contributed by atoms with van der Waals surface area (Å²) >= 11 is 0. The van der Waals surface area contributed by atoms with Gasteiger partial charge >= 0.3 is 0 Å². The third-order valence-electron chi connectivity index (χ3n) is 2.02. The van der Waals surface area contributed by atoms with Gasteiger partial charge in [0.25, 0.3) is 0 Å². The van der Waals surface area contributed by atoms with E-state index in [1.54, 1.807) is 19.2 Å². The molecule has 1 aromatic carbocycles. The molecule has 0 bridgehead atoms. The molecule has 0 amide bonds. The average molecular weight is 244 g/mol. The van der Waals surface area contributed by atoms with Gasteiger partial charge in [-0.1, -0.05) is 6.07 Å². The van der Waals surface area contributed by atoms with E-state index < -0.39 is 10.0 Å². The third kappa shape index (κ3) is 3.48. The first-order chi connectivity index (χ1) is 7.60. The summed E-state index contributed by atoms with van der Waals surface area (Å²) in [5.74, 6) is 0.525. The zero-order valence-electron chi connectivity index (χ0n) is 9.36. The van der Waals surface area contributed by atoms with E-state index in [-0.39, 0.29) is 4.90 Å². The first-order valence-corrected chi connectivity index (χ1v) is 6.37. The molecule has 1 aromatic rings. The Hall–Kier alpha value is -1.11. The van der Waals surface area contributed by atoms with Crippen molar-refractivity contribution < 1.29 is 13.2 Å². The normalized spacial score (nSPS) is 11.4. The van der Waals surface area contributed by atoms with Gasteiger partial charge in [-0.25, -0.2) is 13.1 Å². The minimum Gasteiger partial charge on any atom is -0.497 e. The highest BCUT2D eigenvalue weighted by atomic mass is 32.2. The Morgan fingerprint density at radius 1 is 1.31 bits per heavy atom. The Morgan fingerprint density at radius 3 is 2.69 bits per heavy atom. The highest BCUT2D eigenvalue weighted by Gasteiger charge is 2.13. The average Bonchev–Trinajstić information content (AvgIpc) is 2.29. The summed E-state index contributed by atoms with van der Waals surface area (Å²) in [6.45, 7) is 0.944. The standard InChI is InChI=1S/C10H16N2O3S/c1-11-6-7-12-16(13,14)10-5-3-4-9(8-10)15-2/h3-5,8,11-12H,6-7H2,1-2H3. The van der Waals surface area contributed by atoms with Crippen molar-refractivity contribution in [1.82, 2.24) is 10.0 Å². The van der Waals surface area contributed by atoms with Gasteiger partial charge in [-0.3, -0.25) is 0 Å². The molecule has 0 fully saturated rings. The molecule has 0 saturated carbocycles. The maximum absolute atomic E-state index is 11.8. The van der Waals surface area contributed by atoms with Crippen molar-refractivity contribution in [1.29, 1.82) is 0 Å². The largest absolute Gasteiger partial charge is 0.497 e. The Kier molecular flexibility index (Phi) is 4.72. The number of hydrogen-bond acceptors (Lipinski definition) is 4. The van der Waals surface area contributed by atoms with E-state index >= 15 is 0 Å². The molecule has 0 heterocycles. The van der Waals surface area contributed by atoms with Gasteiger partial charge in [-0.05, 0) is 19.2 Å². The number of sulfonamides is 1. The smallest absolute Gasteiger partial charge is 0.240 e. The van der Waals surface area contributed by atoms with Crippen LogP contribution in [0.3, 0.4) is 0 Å². The SMILES string of the molecule is CNCCNS(=O)(=O)c1cccc(OC)c1. The van der Waals surface area contributed by atoms with E-state index in [2.05, 4.69) is 10.0 Å². The van der Waals surface area contributed by atoms with Crippen LogP contribution in [0.5, 0.6) is 5.75 Å². The zero-order chi connectivity index (χ0) is 12.0. The molecule has 5 nitrogen and oxygen atoms in total. The van der Waals surface area contributed by atoms with E-state index in [0.717, 1.165) is 0 Å². The molecule has 0 radical (unpaired) electrons. The van der Waals surface area contributed by atoms with Crippen molar-refractivity contribution in [2.75, 3.05) is 27.2 Å². The fraction of sp³-hybridized carbons (Fsp3) is 0.400. The number of nitrogens with one attached hydrogen (secondary N) is 2. The molecule has 2 N–H and O–H groups in total. The van der Waals surface area contributed by atoms with Crippen LogP contribution in [-0.2, 0) is 10.0 Å². The highest BCUT2D eigenvalue weighted by molar-refractivity contribution is 7.89. The van der Waals surface area contributed by atoms with Gasteiger partial charge in [0, 0.05) is 19.2 Å². The molecular formula is C10H16N2O3S. The number of benzene rings is 1. The monoisotopic (exact) mass is 244 g/mol. The minimum absolute atomic E-state index is 0.211. The summed E-state index contributed by atoms with van der Waals surface area (Å²) in [6.07, 6.45) is 0. The zero-order valence-corrected chi connectivity index (χ0v) is 10.2. The minimum atomic E-state index is -3.44. The van der Waals surface area contributed by atoms with E-state index in [0.29, 0.717) is 18.8 Å². The highest BCUT2D eigenvalue weighted by Crippen LogP contribution is 2.16. The molecule has 0 unspecified atom stereocenters. The first-order valence-electron chi connectivity index (χ1n) is 4.88. The van der Waals surface area contributed by atoms with Crippen LogP contribution < -0.4 is 14.8 Å². The lowest BCUT2D eigenvalue weighted by Gasteiger charge is -2.07. The lowest BCUT2D eigenvalue weighted by Crippen LogP contribution is -2.30. The summed E-state index contributed by atoms with van der Waals surface area (Å²) in [6, 6.07) is 6.37. The van der Waals surface area contributed by atoms with E-state index in [4.69, 9.17) is 4.74 Å². The van der Waals surface area contributed by atoms with Gasteiger partial charge in [0.1, 0.15) is 5.75 Å². The van der Waals surface area contributed by atoms with Gasteiger partial charge in [0.15, 0.2) is 0 Å². The predicted octanol–water partition coefficient (Wildman–Crippen LogP) is 0.193. The Labute approximate surface area is 95.9 Å². The molecule has 16 heavy (non-hydrogen) atoms. The molecule has 6 heteroatoms. The number of likely N-dealkylation sites (N-methyl/N-ethyl adjacent to an activating group) is 1. The van der Waals surface area contributed by atoms with Crippen molar-refractivity contribution in [3.8, 4) is 5.75 Å². The summed E-state index contributed by atoms with van der Waals surface area (Å²) in [5, 5.41) is 2.86. The Bertz CT molecular complexity index is 431. The van der Waals surface area contributed by atoms with E-state index in [1.807, 2.05) is 0 Å². The molecule has 0 spiro atoms. The van der Waals surface area contributed by atoms with Crippen LogP contribution in [0.25, 0.3) is 0 Å². The quantitative estimate of drug-likeness (QED) is 0.701. The second-order valence-electron chi connectivity index (χ2n) is 3.18. The molecule has 90 valence electrons. The summed E-state index contributed by atoms with van der Waals surface area (Å²) in [5.41, 5.74) is 0. The summed E-state index contributed by atoms with van der Waals surface area (Å²) < 4.78 is 31.0. The van der Waals surface area contributed by atoms with Crippen LogP contribution in [0.2, 0.25) is 0 Å². The number of rotatable bonds is 6. The van der Waals surface area contributed by atoms with Crippen LogP contribution in [0.15, 0.2) is 29.2 Å². The Balaban J connectivity index is 2.81. The fourth-order valence-corrected chi connectivity index (χ4v) is 2.23. The van der Waals surface area contributed by atoms with Gasteiger partial charge in [0.05, 0.1) is 12.0 Å². The van der Waals surface area contributed by atoms with Crippen LogP contribution in [0.4, 0.5) is 0 Å². The third-order valence-corrected chi connectivity index (χ3v) is 3.48. The molecule has 0 atom stereocenters. The maximum atomic E-state index is 11.8. The number of methoxy groups -OCH3 is 1. The van der Waals surface area contributed by atoms with Crippen molar-refractivity contribution in [3.63, 3.8) is 0 Å². The van der Waals surface area contributed by atoms with Gasteiger partial charge in [0.2, 0.25) is 10.0 Å². The van der Waals surface area contributed by atoms with Crippen LogP contribution in [-0.4, -0.2) is 35.7 Å². The van der Waals surface area contributed by atoms with Gasteiger partial charge in [-0.15, -0.1) is 0 Å². The molecule has 0 aromatic heterocycles. The lowest BCUT2D eigenvalue weighted by molar-refractivity contribution is 0.413. The second-order valence-corrected chi connectivity index (χ2v) is 4.95. The molecule has 0 aliphatic rings. The number of hydrogen-bond donors (Lipinski definition) is 2. The van der Waals surface area contributed by atoms with Crippen molar-refractivity contribution in [2.24, 2.45) is 0 Å². The number of ether oxygens (including phenoxy) is 1. The lowest BCUT2D eigenvalue weighted by atomic mass is 10.3. The molecular weight excluding hydrogens is 228 g/mol. The summed E-state index contributed by atoms with van der Waals surface area (Å²) in [4.78, 5) is 0.211. The Morgan fingerprint density at radius 2 is 2.06 bits per heavy atom. The molecule has 0 saturated heterocycles. The van der Waals surface area contributed by atoms with Crippen molar-refractivity contribution >= 4 is 10.0 Å². The van der Waals surface area contributed by atoms with E-state index in [1.165, 1.54) is 19.2 Å². The molecule has 0 aliphatic carbocycles. The van der Waals surface area contributed by atoms with Gasteiger partial charge in [-0.2, -0.15) is 0 Å². The van der Waals surface area contributed by atoms with Gasteiger partial charge < -0.3 is 10.1 Å². The van der Waals surface area contributed by atoms with Crippen LogP contribution in [0.1, 0.15) is 0 Å². The summed E-state index contributed by atoms with van der Waals surface area (Å²) in [7, 11) is -0.171. The maximum Gasteiger partial charge on any atom is 0.240 e. The van der Waals surface area contributed by atoms with Crippen LogP contribution in [0, 0.1) is 0 Å². The molecule has 1 rings (SSSR count). The van der Waals surface area contributed by atoms with Crippen molar-refractivity contribution in [3.05, 3.63) is 24.3 Å². The first kappa shape index (κ1) is 13.0. The molecule has 0 aliphatic heterocycles. The van der Waals surface area contributed by atoms with Crippen molar-refractivity contribution in [2.45, 2.75) is 4.90 Å². The van der Waals surface area contributed by atoms with E-state index in [9.17, 15) is 8.42 Å². The topological polar surface area (TPSA) is 67.4 Å². The fourth-order valence-electron chi connectivity index (χ4n) is 1.16. The second kappa shape index (κ2) is 5.83.